The molecule has 0 fully saturated rings. The van der Waals surface area contributed by atoms with Crippen molar-refractivity contribution in [3.8, 4) is 12.3 Å². The summed E-state index contributed by atoms with van der Waals surface area (Å²) >= 11 is 0. The fourth-order valence-electron chi connectivity index (χ4n) is 0.727. The number of hydrogen-bond acceptors (Lipinski definition) is 2. The molecule has 0 bridgehead atoms. The molecule has 88 valence electrons. The van der Waals surface area contributed by atoms with Crippen LogP contribution in [0.2, 0.25) is 0 Å². The highest BCUT2D eigenvalue weighted by atomic mass is 19.3. The highest BCUT2D eigenvalue weighted by Gasteiger charge is 2.41. The summed E-state index contributed by atoms with van der Waals surface area (Å²) in [6.45, 7) is -1.83. The molecule has 0 saturated carbocycles. The molecule has 1 atom stereocenters. The van der Waals surface area contributed by atoms with Gasteiger partial charge >= 0.3 is 12.3 Å². The predicted octanol–water partition coefficient (Wildman–Crippen LogP) is 1.68. The van der Waals surface area contributed by atoms with Gasteiger partial charge in [0.05, 0.1) is 12.7 Å². The third-order valence-electron chi connectivity index (χ3n) is 1.55. The lowest BCUT2D eigenvalue weighted by Crippen LogP contribution is -2.33. The third-order valence-corrected chi connectivity index (χ3v) is 1.55. The first-order valence-electron chi connectivity index (χ1n) is 4.25. The van der Waals surface area contributed by atoms with E-state index < -0.39 is 31.7 Å². The van der Waals surface area contributed by atoms with E-state index in [0.29, 0.717) is 0 Å². The molecule has 1 unspecified atom stereocenters. The fourth-order valence-corrected chi connectivity index (χ4v) is 0.727. The lowest BCUT2D eigenvalue weighted by atomic mass is 10.2. The second kappa shape index (κ2) is 6.64. The maximum Gasteiger partial charge on any atom is 0.330 e. The summed E-state index contributed by atoms with van der Waals surface area (Å²) in [5.41, 5.74) is 0. The smallest absolute Gasteiger partial charge is 0.330 e. The molecule has 2 nitrogen and oxygen atoms in total. The van der Waals surface area contributed by atoms with E-state index in [-0.39, 0.29) is 12.8 Å². The van der Waals surface area contributed by atoms with Crippen LogP contribution in [0.15, 0.2) is 0 Å². The van der Waals surface area contributed by atoms with Gasteiger partial charge in [-0.05, 0) is 6.42 Å². The van der Waals surface area contributed by atoms with E-state index in [1.807, 2.05) is 0 Å². The molecular formula is C9H12F4O2. The van der Waals surface area contributed by atoms with Crippen molar-refractivity contribution in [1.82, 2.24) is 0 Å². The Morgan fingerprint density at radius 1 is 1.40 bits per heavy atom. The van der Waals surface area contributed by atoms with Gasteiger partial charge in [-0.3, -0.25) is 0 Å². The molecule has 1 N–H and O–H groups in total. The highest BCUT2D eigenvalue weighted by molar-refractivity contribution is 4.84. The molecule has 0 spiro atoms. The lowest BCUT2D eigenvalue weighted by molar-refractivity contribution is -0.170. The number of hydrogen-bond donors (Lipinski definition) is 1. The quantitative estimate of drug-likeness (QED) is 0.530. The molecule has 0 heterocycles. The Bertz CT molecular complexity index is 213. The van der Waals surface area contributed by atoms with E-state index in [0.717, 1.165) is 0 Å². The average molecular weight is 228 g/mol. The topological polar surface area (TPSA) is 29.5 Å². The van der Waals surface area contributed by atoms with Gasteiger partial charge < -0.3 is 9.84 Å². The molecule has 15 heavy (non-hydrogen) atoms. The highest BCUT2D eigenvalue weighted by Crippen LogP contribution is 2.22. The summed E-state index contributed by atoms with van der Waals surface area (Å²) in [5.74, 6) is -1.93. The van der Waals surface area contributed by atoms with Gasteiger partial charge in [0.2, 0.25) is 0 Å². The number of terminal acetylenes is 1. The summed E-state index contributed by atoms with van der Waals surface area (Å²) in [5, 5.41) is 9.06. The molecule has 0 amide bonds. The summed E-state index contributed by atoms with van der Waals surface area (Å²) < 4.78 is 52.0. The molecule has 0 saturated heterocycles. The van der Waals surface area contributed by atoms with Crippen LogP contribution in [-0.2, 0) is 4.74 Å². The summed E-state index contributed by atoms with van der Waals surface area (Å²) in [6.07, 6.45) is 0.590. The normalized spacial score (nSPS) is 13.9. The maximum absolute atomic E-state index is 12.3. The lowest BCUT2D eigenvalue weighted by Gasteiger charge is -2.16. The van der Waals surface area contributed by atoms with Gasteiger partial charge in [0, 0.05) is 6.42 Å². The van der Waals surface area contributed by atoms with Crippen LogP contribution in [0.1, 0.15) is 12.8 Å². The summed E-state index contributed by atoms with van der Waals surface area (Å²) in [7, 11) is 0. The van der Waals surface area contributed by atoms with Gasteiger partial charge in [0.25, 0.3) is 0 Å². The van der Waals surface area contributed by atoms with E-state index in [9.17, 15) is 17.6 Å². The minimum atomic E-state index is -4.17. The van der Waals surface area contributed by atoms with E-state index in [2.05, 4.69) is 10.7 Å². The number of ether oxygens (including phenoxy) is 1. The number of alkyl halides is 4. The van der Waals surface area contributed by atoms with Crippen molar-refractivity contribution in [2.45, 2.75) is 31.3 Å². The molecule has 0 aliphatic rings. The molecular weight excluding hydrogens is 216 g/mol. The van der Waals surface area contributed by atoms with Crippen molar-refractivity contribution in [2.24, 2.45) is 0 Å². The Hall–Kier alpha value is -0.800. The van der Waals surface area contributed by atoms with E-state index >= 15 is 0 Å². The van der Waals surface area contributed by atoms with Gasteiger partial charge in [0.15, 0.2) is 0 Å². The van der Waals surface area contributed by atoms with Crippen LogP contribution in [0.4, 0.5) is 17.6 Å². The van der Waals surface area contributed by atoms with Crippen LogP contribution in [0.5, 0.6) is 0 Å². The van der Waals surface area contributed by atoms with Crippen LogP contribution in [0, 0.1) is 12.3 Å². The van der Waals surface area contributed by atoms with Crippen molar-refractivity contribution < 1.29 is 27.4 Å². The van der Waals surface area contributed by atoms with E-state index in [1.165, 1.54) is 0 Å². The molecule has 0 rings (SSSR count). The number of aliphatic hydroxyl groups is 1. The third kappa shape index (κ3) is 6.31. The first kappa shape index (κ1) is 14.2. The van der Waals surface area contributed by atoms with Crippen molar-refractivity contribution in [2.75, 3.05) is 13.2 Å². The van der Waals surface area contributed by atoms with Crippen molar-refractivity contribution >= 4 is 0 Å². The van der Waals surface area contributed by atoms with Gasteiger partial charge in [-0.2, -0.15) is 8.78 Å². The Morgan fingerprint density at radius 2 is 2.00 bits per heavy atom. The molecule has 0 aliphatic heterocycles. The van der Waals surface area contributed by atoms with Gasteiger partial charge in [-0.25, -0.2) is 8.78 Å². The second-order valence-electron chi connectivity index (χ2n) is 2.97. The molecule has 0 aliphatic carbocycles. The van der Waals surface area contributed by atoms with Crippen LogP contribution >= 0.6 is 0 Å². The van der Waals surface area contributed by atoms with Gasteiger partial charge in [-0.1, -0.05) is 0 Å². The monoisotopic (exact) mass is 228 g/mol. The van der Waals surface area contributed by atoms with E-state index in [1.54, 1.807) is 0 Å². The zero-order valence-electron chi connectivity index (χ0n) is 7.93. The fraction of sp³-hybridized carbons (Fsp3) is 0.778. The minimum absolute atomic E-state index is 0.191. The Labute approximate surface area is 85.2 Å². The van der Waals surface area contributed by atoms with E-state index in [4.69, 9.17) is 11.5 Å². The Kier molecular flexibility index (Phi) is 6.29. The summed E-state index contributed by atoms with van der Waals surface area (Å²) in [4.78, 5) is 0. The number of rotatable bonds is 7. The predicted molar refractivity (Wildman–Crippen MR) is 45.8 cm³/mol. The zero-order valence-corrected chi connectivity index (χ0v) is 7.93. The molecule has 0 aromatic carbocycles. The molecule has 0 radical (unpaired) electrons. The second-order valence-corrected chi connectivity index (χ2v) is 2.97. The zero-order chi connectivity index (χ0) is 11.9. The SMILES string of the molecule is C#CCCC(O)COCC(F)(F)C(F)F. The average Bonchev–Trinajstić information content (AvgIpc) is 2.14. The molecule has 6 heteroatoms. The standard InChI is InChI=1S/C9H12F4O2/c1-2-3-4-7(14)5-15-6-9(12,13)8(10)11/h1,7-8,14H,3-6H2. The number of aliphatic hydroxyl groups excluding tert-OH is 1. The minimum Gasteiger partial charge on any atom is -0.391 e. The maximum atomic E-state index is 12.3. The van der Waals surface area contributed by atoms with Gasteiger partial charge in [-0.15, -0.1) is 12.3 Å². The van der Waals surface area contributed by atoms with Crippen molar-refractivity contribution in [3.05, 3.63) is 0 Å². The van der Waals surface area contributed by atoms with Crippen LogP contribution < -0.4 is 0 Å². The number of halogens is 4. The first-order chi connectivity index (χ1) is 6.90. The first-order valence-corrected chi connectivity index (χ1v) is 4.25. The summed E-state index contributed by atoms with van der Waals surface area (Å²) in [6, 6.07) is 0. The van der Waals surface area contributed by atoms with Crippen LogP contribution in [0.25, 0.3) is 0 Å². The van der Waals surface area contributed by atoms with Gasteiger partial charge in [0.1, 0.15) is 6.61 Å². The van der Waals surface area contributed by atoms with Crippen molar-refractivity contribution in [1.29, 1.82) is 0 Å². The Morgan fingerprint density at radius 3 is 2.47 bits per heavy atom. The largest absolute Gasteiger partial charge is 0.391 e. The van der Waals surface area contributed by atoms with Crippen LogP contribution in [-0.4, -0.2) is 36.8 Å². The van der Waals surface area contributed by atoms with Crippen molar-refractivity contribution in [3.63, 3.8) is 0 Å². The molecule has 0 aromatic rings. The Balaban J connectivity index is 3.66. The molecule has 0 aromatic heterocycles. The van der Waals surface area contributed by atoms with Crippen LogP contribution in [0.3, 0.4) is 0 Å².